The Balaban J connectivity index is 0.000000468. The van der Waals surface area contributed by atoms with Gasteiger partial charge in [0.15, 0.2) is 0 Å². The minimum Gasteiger partial charge on any atom is -0.789 e. The van der Waals surface area contributed by atoms with Crippen LogP contribution in [0.3, 0.4) is 0 Å². The fourth-order valence-corrected chi connectivity index (χ4v) is 2.77. The average molecular weight is 477 g/mol. The second kappa shape index (κ2) is 12.6. The first-order chi connectivity index (χ1) is 14.2. The van der Waals surface area contributed by atoms with Crippen LogP contribution in [0.4, 0.5) is 4.79 Å². The Morgan fingerprint density at radius 3 is 2.20 bits per heavy atom. The van der Waals surface area contributed by atoms with Gasteiger partial charge in [-0.25, -0.2) is 10.4 Å². The summed E-state index contributed by atoms with van der Waals surface area (Å²) in [5.41, 5.74) is 2.67. The van der Waals surface area contributed by atoms with Crippen molar-refractivity contribution in [3.05, 3.63) is 110 Å². The average Bonchev–Trinajstić information content (AvgIpc) is 3.37. The summed E-state index contributed by atoms with van der Waals surface area (Å²) in [6, 6.07) is 16.8. The fraction of sp³-hybridized carbons (Fsp3) is 0.0435. The van der Waals surface area contributed by atoms with E-state index >= 15 is 0 Å². The zero-order valence-corrected chi connectivity index (χ0v) is 18.5. The van der Waals surface area contributed by atoms with Crippen molar-refractivity contribution in [3.8, 4) is 0 Å². The van der Waals surface area contributed by atoms with Gasteiger partial charge in [0.05, 0.1) is 0 Å². The Hall–Kier alpha value is -2.06. The van der Waals surface area contributed by atoms with E-state index in [1.54, 1.807) is 12.3 Å². The Labute approximate surface area is 198 Å². The van der Waals surface area contributed by atoms with Crippen LogP contribution in [-0.4, -0.2) is 11.1 Å². The van der Waals surface area contributed by atoms with Crippen molar-refractivity contribution in [2.45, 2.75) is 6.61 Å². The molecule has 5 radical (unpaired) electrons. The molecule has 151 valence electrons. The number of carbonyl (C=O) groups excluding carboxylic acids is 1. The molecule has 7 heteroatoms. The maximum Gasteiger partial charge on any atom is 3.00 e. The number of aromatic nitrogens is 2. The monoisotopic (exact) mass is 477 g/mol. The Morgan fingerprint density at radius 2 is 1.57 bits per heavy atom. The molecule has 1 aliphatic rings. The molecule has 4 nitrogen and oxygen atoms in total. The van der Waals surface area contributed by atoms with Gasteiger partial charge in [-0.3, -0.25) is 0 Å². The first kappa shape index (κ1) is 24.2. The van der Waals surface area contributed by atoms with Gasteiger partial charge in [-0.05, 0) is 43.7 Å². The molecule has 1 saturated carbocycles. The van der Waals surface area contributed by atoms with Gasteiger partial charge in [0.2, 0.25) is 11.7 Å². The van der Waals surface area contributed by atoms with E-state index in [0.717, 1.165) is 5.56 Å². The number of hydrogen-bond acceptors (Lipinski definition) is 5. The second-order valence-electron chi connectivity index (χ2n) is 5.97. The zero-order chi connectivity index (χ0) is 20.5. The predicted molar refractivity (Wildman–Crippen MR) is 118 cm³/mol. The van der Waals surface area contributed by atoms with Gasteiger partial charge in [0.1, 0.15) is 17.8 Å². The predicted octanol–water partition coefficient (Wildman–Crippen LogP) is 4.12. The Bertz CT molecular complexity index is 985. The Kier molecular flexibility index (Phi) is 10.2. The van der Waals surface area contributed by atoms with Crippen LogP contribution in [0.25, 0.3) is 15.9 Å². The molecule has 3 aromatic rings. The van der Waals surface area contributed by atoms with E-state index in [9.17, 15) is 4.79 Å². The minimum absolute atomic E-state index is 0. The van der Waals surface area contributed by atoms with E-state index in [2.05, 4.69) is 4.98 Å². The smallest absolute Gasteiger partial charge is 0.789 e. The summed E-state index contributed by atoms with van der Waals surface area (Å²) in [4.78, 5) is 17.4. The third-order valence-corrected chi connectivity index (χ3v) is 4.66. The molecule has 0 bridgehead atoms. The van der Waals surface area contributed by atoms with E-state index in [1.165, 1.54) is 9.98 Å². The molecule has 1 heterocycles. The summed E-state index contributed by atoms with van der Waals surface area (Å²) in [5, 5.41) is 1.37. The number of nitrogens with zero attached hydrogens (tertiary/aromatic N) is 2. The number of rotatable bonds is 3. The molecule has 0 atom stereocenters. The first-order valence-electron chi connectivity index (χ1n) is 8.87. The molecule has 1 aromatic heterocycles. The van der Waals surface area contributed by atoms with E-state index in [-0.39, 0.29) is 23.4 Å². The SMILES string of the molecule is O=C(OCc1ccccc1)[n+]1cc(/C([S-])=C/[S-])nc2ccccc21.[CH]1[CH][CH][CH][CH]1.[Co+3]. The van der Waals surface area contributed by atoms with Gasteiger partial charge in [-0.1, -0.05) is 47.0 Å². The molecule has 0 amide bonds. The maximum absolute atomic E-state index is 12.5. The van der Waals surface area contributed by atoms with Crippen LogP contribution in [0.1, 0.15) is 11.3 Å². The van der Waals surface area contributed by atoms with Crippen LogP contribution >= 0.6 is 0 Å². The van der Waals surface area contributed by atoms with Crippen LogP contribution in [0, 0.1) is 32.1 Å². The van der Waals surface area contributed by atoms with Crippen LogP contribution in [-0.2, 0) is 53.4 Å². The van der Waals surface area contributed by atoms with Crippen molar-refractivity contribution >= 4 is 47.3 Å². The van der Waals surface area contributed by atoms with Crippen molar-refractivity contribution in [1.82, 2.24) is 4.98 Å². The topological polar surface area (TPSA) is 43.1 Å². The second-order valence-corrected chi connectivity index (χ2v) is 6.64. The molecule has 0 N–H and O–H groups in total. The van der Waals surface area contributed by atoms with E-state index in [1.807, 2.05) is 80.6 Å². The summed E-state index contributed by atoms with van der Waals surface area (Å²) in [5.74, 6) is 0. The molecule has 0 unspecified atom stereocenters. The van der Waals surface area contributed by atoms with E-state index in [4.69, 9.17) is 30.0 Å². The third-order valence-electron chi connectivity index (χ3n) is 3.95. The molecule has 0 spiro atoms. The standard InChI is InChI=1S/C18H13N2O2S2.C5H5.Co/c21-18(22-11-13-6-2-1-3-7-13)20-10-15(17(24)12-23)19-14-8-4-5-9-16(14)20;1-2-4-5-3-1;/h1-10,12H,11H2;1-5H;/q-1;;+3. The van der Waals surface area contributed by atoms with E-state index in [0.29, 0.717) is 21.6 Å². The van der Waals surface area contributed by atoms with Crippen LogP contribution < -0.4 is 4.57 Å². The minimum atomic E-state index is -0.495. The molecule has 1 aliphatic carbocycles. The normalized spacial score (nSPS) is 13.1. The first-order valence-corrected chi connectivity index (χ1v) is 9.75. The number of ether oxygens (including phenoxy) is 1. The van der Waals surface area contributed by atoms with E-state index < -0.39 is 6.09 Å². The zero-order valence-electron chi connectivity index (χ0n) is 15.8. The quantitative estimate of drug-likeness (QED) is 0.420. The fourth-order valence-electron chi connectivity index (χ4n) is 2.55. The Morgan fingerprint density at radius 1 is 0.967 bits per heavy atom. The molecular weight excluding hydrogens is 459 g/mol. The molecule has 1 fully saturated rings. The number of fused-ring (bicyclic) bond motifs is 1. The summed E-state index contributed by atoms with van der Waals surface area (Å²) in [6.07, 6.45) is 11.1. The van der Waals surface area contributed by atoms with Crippen LogP contribution in [0.15, 0.2) is 66.2 Å². The van der Waals surface area contributed by atoms with Crippen LogP contribution in [0.5, 0.6) is 0 Å². The van der Waals surface area contributed by atoms with Gasteiger partial charge >= 0.3 is 22.9 Å². The number of hydrogen-bond donors (Lipinski definition) is 0. The van der Waals surface area contributed by atoms with Crippen molar-refractivity contribution in [2.75, 3.05) is 0 Å². The number of benzene rings is 2. The summed E-state index contributed by atoms with van der Waals surface area (Å²) in [7, 11) is 0. The van der Waals surface area contributed by atoms with Gasteiger partial charge < -0.3 is 30.0 Å². The van der Waals surface area contributed by atoms with Gasteiger partial charge in [0.25, 0.3) is 0 Å². The number of carbonyl (C=O) groups is 1. The molecule has 2 aromatic carbocycles. The maximum atomic E-state index is 12.5. The molecule has 4 rings (SSSR count). The summed E-state index contributed by atoms with van der Waals surface area (Å²) in [6.45, 7) is 0.191. The van der Waals surface area contributed by atoms with Crippen molar-refractivity contribution in [1.29, 1.82) is 0 Å². The van der Waals surface area contributed by atoms with Crippen molar-refractivity contribution in [3.63, 3.8) is 0 Å². The molecule has 0 saturated heterocycles. The summed E-state index contributed by atoms with van der Waals surface area (Å²) >= 11 is 10.1. The molecule has 30 heavy (non-hydrogen) atoms. The molecule has 0 aliphatic heterocycles. The largest absolute Gasteiger partial charge is 3.00 e. The third kappa shape index (κ3) is 6.73. The van der Waals surface area contributed by atoms with Gasteiger partial charge in [0, 0.05) is 6.07 Å². The molecular formula is C23H18CoN2O2S2+2. The van der Waals surface area contributed by atoms with Gasteiger partial charge in [-0.2, -0.15) is 9.70 Å². The van der Waals surface area contributed by atoms with Gasteiger partial charge in [-0.15, -0.1) is 0 Å². The number of para-hydroxylation sites is 2. The van der Waals surface area contributed by atoms with Crippen molar-refractivity contribution in [2.24, 2.45) is 0 Å². The van der Waals surface area contributed by atoms with Crippen molar-refractivity contribution < 1.29 is 30.9 Å². The van der Waals surface area contributed by atoms with Crippen LogP contribution in [0.2, 0.25) is 0 Å². The summed E-state index contributed by atoms with van der Waals surface area (Å²) < 4.78 is 6.82.